The first kappa shape index (κ1) is 9.55. The third-order valence-electron chi connectivity index (χ3n) is 1.08. The van der Waals surface area contributed by atoms with Crippen molar-refractivity contribution in [3.63, 3.8) is 0 Å². The molecule has 8 heteroatoms. The largest absolute Gasteiger partial charge is 0.478 e. The van der Waals surface area contributed by atoms with Crippen molar-refractivity contribution in [3.8, 4) is 0 Å². The van der Waals surface area contributed by atoms with Crippen LogP contribution in [0.1, 0.15) is 10.4 Å². The molecule has 0 aromatic carbocycles. The van der Waals surface area contributed by atoms with E-state index in [0.29, 0.717) is 0 Å². The number of nitrogens with one attached hydrogen (secondary N) is 1. The summed E-state index contributed by atoms with van der Waals surface area (Å²) >= 11 is -2.26. The van der Waals surface area contributed by atoms with E-state index in [1.807, 2.05) is 4.72 Å². The maximum Gasteiger partial charge on any atom is 0.338 e. The van der Waals surface area contributed by atoms with Gasteiger partial charge in [-0.15, -0.1) is 0 Å². The molecule has 0 amide bonds. The Kier molecular flexibility index (Phi) is 2.88. The summed E-state index contributed by atoms with van der Waals surface area (Å²) in [5, 5.41) is 8.45. The molecule has 0 aliphatic rings. The number of anilines is 1. The molecule has 0 aliphatic carbocycles. The monoisotopic (exact) mass is 203 g/mol. The van der Waals surface area contributed by atoms with Gasteiger partial charge in [0, 0.05) is 12.4 Å². The predicted molar refractivity (Wildman–Crippen MR) is 43.4 cm³/mol. The van der Waals surface area contributed by atoms with E-state index in [2.05, 4.69) is 9.97 Å². The SMILES string of the molecule is O=C(O)c1cnc(NS(=O)O)nc1. The second kappa shape index (κ2) is 3.92. The van der Waals surface area contributed by atoms with Crippen LogP contribution in [0.25, 0.3) is 0 Å². The first-order valence-corrected chi connectivity index (χ1v) is 4.13. The third-order valence-corrected chi connectivity index (χ3v) is 1.43. The van der Waals surface area contributed by atoms with E-state index in [9.17, 15) is 9.00 Å². The van der Waals surface area contributed by atoms with Gasteiger partial charge in [-0.1, -0.05) is 0 Å². The number of rotatable bonds is 3. The molecule has 1 aromatic rings. The highest BCUT2D eigenvalue weighted by Crippen LogP contribution is 1.99. The highest BCUT2D eigenvalue weighted by Gasteiger charge is 2.04. The minimum absolute atomic E-state index is 0.0886. The number of hydrogen-bond acceptors (Lipinski definition) is 4. The van der Waals surface area contributed by atoms with Crippen LogP contribution in [-0.4, -0.2) is 29.8 Å². The van der Waals surface area contributed by atoms with Gasteiger partial charge in [0.1, 0.15) is 0 Å². The number of hydrogen-bond donors (Lipinski definition) is 3. The van der Waals surface area contributed by atoms with Gasteiger partial charge in [0.05, 0.1) is 5.56 Å². The summed E-state index contributed by atoms with van der Waals surface area (Å²) in [6.45, 7) is 0. The Morgan fingerprint density at radius 3 is 2.38 bits per heavy atom. The van der Waals surface area contributed by atoms with E-state index in [1.54, 1.807) is 0 Å². The number of aromatic carboxylic acids is 1. The molecule has 0 saturated carbocycles. The van der Waals surface area contributed by atoms with Crippen LogP contribution in [0.15, 0.2) is 12.4 Å². The zero-order valence-electron chi connectivity index (χ0n) is 6.17. The number of carboxylic acids is 1. The predicted octanol–water partition coefficient (Wildman–Crippen LogP) is -0.277. The Bertz CT molecular complexity index is 338. The second-order valence-corrected chi connectivity index (χ2v) is 2.65. The number of carboxylic acid groups (broad SMARTS) is 1. The zero-order valence-corrected chi connectivity index (χ0v) is 6.98. The molecule has 13 heavy (non-hydrogen) atoms. The molecule has 0 saturated heterocycles. The molecule has 1 rings (SSSR count). The van der Waals surface area contributed by atoms with Crippen LogP contribution in [0.5, 0.6) is 0 Å². The smallest absolute Gasteiger partial charge is 0.338 e. The van der Waals surface area contributed by atoms with Crippen molar-refractivity contribution in [2.45, 2.75) is 0 Å². The lowest BCUT2D eigenvalue weighted by Gasteiger charge is -1.98. The fourth-order valence-electron chi connectivity index (χ4n) is 0.569. The van der Waals surface area contributed by atoms with Crippen LogP contribution in [0.3, 0.4) is 0 Å². The Morgan fingerprint density at radius 1 is 1.46 bits per heavy atom. The lowest BCUT2D eigenvalue weighted by Crippen LogP contribution is -2.07. The second-order valence-electron chi connectivity index (χ2n) is 1.95. The molecule has 70 valence electrons. The molecule has 0 bridgehead atoms. The molecule has 3 N–H and O–H groups in total. The van der Waals surface area contributed by atoms with E-state index in [4.69, 9.17) is 9.66 Å². The summed E-state index contributed by atoms with van der Waals surface area (Å²) in [6, 6.07) is 0. The summed E-state index contributed by atoms with van der Waals surface area (Å²) in [6.07, 6.45) is 2.06. The molecule has 1 atom stereocenters. The van der Waals surface area contributed by atoms with Crippen molar-refractivity contribution in [1.82, 2.24) is 9.97 Å². The van der Waals surface area contributed by atoms with Crippen molar-refractivity contribution in [2.24, 2.45) is 0 Å². The standard InChI is InChI=1S/C5H5N3O4S/c9-4(10)3-1-6-5(7-2-3)8-13(11)12/h1-2H,(H,9,10)(H,11,12)(H,6,7,8). The van der Waals surface area contributed by atoms with Crippen molar-refractivity contribution < 1.29 is 18.7 Å². The van der Waals surface area contributed by atoms with Gasteiger partial charge in [-0.05, 0) is 0 Å². The van der Waals surface area contributed by atoms with E-state index < -0.39 is 17.2 Å². The molecule has 1 heterocycles. The highest BCUT2D eigenvalue weighted by atomic mass is 32.2. The quantitative estimate of drug-likeness (QED) is 0.582. The van der Waals surface area contributed by atoms with Crippen LogP contribution < -0.4 is 4.72 Å². The number of aromatic nitrogens is 2. The third kappa shape index (κ3) is 2.76. The fraction of sp³-hybridized carbons (Fsp3) is 0. The lowest BCUT2D eigenvalue weighted by atomic mass is 10.4. The van der Waals surface area contributed by atoms with Gasteiger partial charge in [0.15, 0.2) is 0 Å². The van der Waals surface area contributed by atoms with Gasteiger partial charge >= 0.3 is 5.97 Å². The average Bonchev–Trinajstić information content (AvgIpc) is 2.04. The van der Waals surface area contributed by atoms with E-state index in [1.165, 1.54) is 0 Å². The normalized spacial score (nSPS) is 12.1. The molecule has 1 unspecified atom stereocenters. The maximum atomic E-state index is 10.3. The summed E-state index contributed by atoms with van der Waals surface area (Å²) in [7, 11) is 0. The lowest BCUT2D eigenvalue weighted by molar-refractivity contribution is 0.0696. The van der Waals surface area contributed by atoms with Gasteiger partial charge in [-0.25, -0.2) is 19.0 Å². The Balaban J connectivity index is 2.81. The summed E-state index contributed by atoms with van der Waals surface area (Å²) < 4.78 is 20.5. The Hall–Kier alpha value is -1.54. The summed E-state index contributed by atoms with van der Waals surface area (Å²) in [5.41, 5.74) is -0.0886. The van der Waals surface area contributed by atoms with Gasteiger partial charge in [-0.2, -0.15) is 0 Å². The van der Waals surface area contributed by atoms with E-state index in [0.717, 1.165) is 12.4 Å². The molecule has 0 radical (unpaired) electrons. The molecule has 0 fully saturated rings. The summed E-state index contributed by atoms with van der Waals surface area (Å²) in [5.74, 6) is -1.26. The van der Waals surface area contributed by atoms with Crippen molar-refractivity contribution in [1.29, 1.82) is 0 Å². The van der Waals surface area contributed by atoms with E-state index in [-0.39, 0.29) is 11.5 Å². The highest BCUT2D eigenvalue weighted by molar-refractivity contribution is 7.80. The average molecular weight is 203 g/mol. The summed E-state index contributed by atoms with van der Waals surface area (Å²) in [4.78, 5) is 17.3. The first-order chi connectivity index (χ1) is 6.09. The minimum atomic E-state index is -2.26. The maximum absolute atomic E-state index is 10.3. The van der Waals surface area contributed by atoms with Gasteiger partial charge in [0.25, 0.3) is 11.3 Å². The molecular formula is C5H5N3O4S. The van der Waals surface area contributed by atoms with Crippen LogP contribution in [0, 0.1) is 0 Å². The van der Waals surface area contributed by atoms with Gasteiger partial charge in [-0.3, -0.25) is 9.27 Å². The van der Waals surface area contributed by atoms with Crippen LogP contribution >= 0.6 is 0 Å². The van der Waals surface area contributed by atoms with Crippen molar-refractivity contribution in [3.05, 3.63) is 18.0 Å². The van der Waals surface area contributed by atoms with Gasteiger partial charge < -0.3 is 5.11 Å². The number of carbonyl (C=O) groups is 1. The first-order valence-electron chi connectivity index (χ1n) is 3.02. The number of nitrogens with zero attached hydrogens (tertiary/aromatic N) is 2. The van der Waals surface area contributed by atoms with Crippen molar-refractivity contribution in [2.75, 3.05) is 4.72 Å². The van der Waals surface area contributed by atoms with Crippen molar-refractivity contribution >= 4 is 23.2 Å². The minimum Gasteiger partial charge on any atom is -0.478 e. The van der Waals surface area contributed by atoms with Crippen LogP contribution in [-0.2, 0) is 11.3 Å². The molecule has 7 nitrogen and oxygen atoms in total. The van der Waals surface area contributed by atoms with Crippen LogP contribution in [0.2, 0.25) is 0 Å². The van der Waals surface area contributed by atoms with Gasteiger partial charge in [0.2, 0.25) is 5.95 Å². The molecule has 0 aliphatic heterocycles. The Morgan fingerprint density at radius 2 is 2.00 bits per heavy atom. The van der Waals surface area contributed by atoms with Crippen LogP contribution in [0.4, 0.5) is 5.95 Å². The van der Waals surface area contributed by atoms with E-state index >= 15 is 0 Å². The zero-order chi connectivity index (χ0) is 9.84. The topological polar surface area (TPSA) is 112 Å². The molecule has 1 aromatic heterocycles. The fourth-order valence-corrected chi connectivity index (χ4v) is 0.831. The Labute approximate surface area is 75.3 Å². The molecule has 0 spiro atoms. The molecular weight excluding hydrogens is 198 g/mol.